The van der Waals surface area contributed by atoms with Gasteiger partial charge in [-0.3, -0.25) is 0 Å². The zero-order valence-electron chi connectivity index (χ0n) is 11.2. The summed E-state index contributed by atoms with van der Waals surface area (Å²) in [5, 5.41) is 8.49. The van der Waals surface area contributed by atoms with E-state index in [9.17, 15) is 8.42 Å². The summed E-state index contributed by atoms with van der Waals surface area (Å²) >= 11 is 0. The maximum absolute atomic E-state index is 11.7. The average molecular weight is 283 g/mol. The van der Waals surface area contributed by atoms with Gasteiger partial charge in [0, 0.05) is 19.1 Å². The number of nitrogens with zero attached hydrogens (tertiary/aromatic N) is 1. The number of nitrogens with one attached hydrogen (secondary N) is 1. The molecule has 6 heteroatoms. The Bertz CT molecular complexity index is 528. The monoisotopic (exact) mass is 283 g/mol. The van der Waals surface area contributed by atoms with Crippen molar-refractivity contribution in [2.45, 2.75) is 30.2 Å². The van der Waals surface area contributed by atoms with Crippen molar-refractivity contribution in [3.63, 3.8) is 0 Å². The van der Waals surface area contributed by atoms with Crippen molar-refractivity contribution in [1.82, 2.24) is 5.32 Å². The van der Waals surface area contributed by atoms with Crippen LogP contribution >= 0.6 is 0 Å². The third-order valence-corrected chi connectivity index (χ3v) is 4.51. The number of likely N-dealkylation sites (N-methyl/N-ethyl adjacent to an activating group) is 1. The highest BCUT2D eigenvalue weighted by molar-refractivity contribution is 7.89. The first-order valence-corrected chi connectivity index (χ1v) is 8.11. The summed E-state index contributed by atoms with van der Waals surface area (Å²) in [5.41, 5.74) is 0.727. The SMILES string of the molecule is CNCC1CCCCN1c1ccccc1S(N)(=O)=O. The van der Waals surface area contributed by atoms with Crippen LogP contribution in [-0.2, 0) is 10.0 Å². The number of hydrogen-bond acceptors (Lipinski definition) is 4. The molecule has 0 saturated carbocycles. The van der Waals surface area contributed by atoms with Gasteiger partial charge in [-0.25, -0.2) is 13.6 Å². The molecule has 1 fully saturated rings. The van der Waals surface area contributed by atoms with Crippen molar-refractivity contribution in [2.24, 2.45) is 5.14 Å². The van der Waals surface area contributed by atoms with Gasteiger partial charge in [-0.2, -0.15) is 0 Å². The first-order valence-electron chi connectivity index (χ1n) is 6.57. The second-order valence-corrected chi connectivity index (χ2v) is 6.44. The molecule has 1 unspecified atom stereocenters. The van der Waals surface area contributed by atoms with E-state index < -0.39 is 10.0 Å². The van der Waals surface area contributed by atoms with Gasteiger partial charge in [0.25, 0.3) is 0 Å². The number of anilines is 1. The molecule has 1 aliphatic rings. The summed E-state index contributed by atoms with van der Waals surface area (Å²) in [6.07, 6.45) is 3.33. The lowest BCUT2D eigenvalue weighted by molar-refractivity contribution is 0.444. The Morgan fingerprint density at radius 3 is 2.79 bits per heavy atom. The Kier molecular flexibility index (Phi) is 4.44. The number of para-hydroxylation sites is 1. The Balaban J connectivity index is 2.39. The van der Waals surface area contributed by atoms with Gasteiger partial charge in [-0.15, -0.1) is 0 Å². The molecule has 0 aliphatic carbocycles. The highest BCUT2D eigenvalue weighted by Crippen LogP contribution is 2.29. The van der Waals surface area contributed by atoms with Crippen LogP contribution < -0.4 is 15.4 Å². The molecular formula is C13H21N3O2S. The third kappa shape index (κ3) is 3.26. The summed E-state index contributed by atoms with van der Waals surface area (Å²) in [7, 11) is -1.77. The normalized spacial score (nSPS) is 20.5. The van der Waals surface area contributed by atoms with Gasteiger partial charge in [0.15, 0.2) is 0 Å². The fourth-order valence-electron chi connectivity index (χ4n) is 2.70. The van der Waals surface area contributed by atoms with E-state index in [-0.39, 0.29) is 4.90 Å². The quantitative estimate of drug-likeness (QED) is 0.861. The summed E-state index contributed by atoms with van der Waals surface area (Å²) in [5.74, 6) is 0. The van der Waals surface area contributed by atoms with Gasteiger partial charge in [0.1, 0.15) is 4.90 Å². The Hall–Kier alpha value is -1.11. The summed E-state index contributed by atoms with van der Waals surface area (Å²) in [4.78, 5) is 2.39. The van der Waals surface area contributed by atoms with E-state index >= 15 is 0 Å². The van der Waals surface area contributed by atoms with Gasteiger partial charge >= 0.3 is 0 Å². The van der Waals surface area contributed by atoms with Gasteiger partial charge in [-0.05, 0) is 38.4 Å². The zero-order valence-corrected chi connectivity index (χ0v) is 12.0. The molecule has 3 N–H and O–H groups in total. The number of piperidine rings is 1. The summed E-state index contributed by atoms with van der Waals surface area (Å²) < 4.78 is 23.4. The number of benzene rings is 1. The molecule has 0 amide bonds. The van der Waals surface area contributed by atoms with Crippen LogP contribution in [0.1, 0.15) is 19.3 Å². The van der Waals surface area contributed by atoms with Crippen molar-refractivity contribution in [2.75, 3.05) is 25.0 Å². The zero-order chi connectivity index (χ0) is 13.9. The first kappa shape index (κ1) is 14.3. The molecule has 1 heterocycles. The molecule has 1 saturated heterocycles. The Morgan fingerprint density at radius 2 is 2.11 bits per heavy atom. The highest BCUT2D eigenvalue weighted by Gasteiger charge is 2.26. The lowest BCUT2D eigenvalue weighted by atomic mass is 10.0. The molecule has 106 valence electrons. The minimum absolute atomic E-state index is 0.220. The smallest absolute Gasteiger partial charge is 0.240 e. The molecule has 1 aromatic carbocycles. The number of sulfonamides is 1. The van der Waals surface area contributed by atoms with Gasteiger partial charge < -0.3 is 10.2 Å². The number of hydrogen-bond donors (Lipinski definition) is 2. The molecule has 19 heavy (non-hydrogen) atoms. The third-order valence-electron chi connectivity index (χ3n) is 3.55. The summed E-state index contributed by atoms with van der Waals surface area (Å²) in [6, 6.07) is 7.31. The van der Waals surface area contributed by atoms with Crippen LogP contribution in [0.4, 0.5) is 5.69 Å². The van der Waals surface area contributed by atoms with Gasteiger partial charge in [0.2, 0.25) is 10.0 Å². The van der Waals surface area contributed by atoms with Crippen LogP contribution in [0, 0.1) is 0 Å². The Morgan fingerprint density at radius 1 is 1.37 bits per heavy atom. The minimum atomic E-state index is -3.68. The molecule has 2 rings (SSSR count). The standard InChI is InChI=1S/C13H21N3O2S/c1-15-10-11-6-4-5-9-16(11)12-7-2-3-8-13(12)19(14,17)18/h2-3,7-8,11,15H,4-6,9-10H2,1H3,(H2,14,17,18). The number of nitrogens with two attached hydrogens (primary N) is 1. The van der Waals surface area contributed by atoms with E-state index in [1.807, 2.05) is 19.2 Å². The first-order chi connectivity index (χ1) is 9.04. The molecule has 5 nitrogen and oxygen atoms in total. The molecule has 0 radical (unpaired) electrons. The van der Waals surface area contributed by atoms with Crippen LogP contribution in [-0.4, -0.2) is 34.6 Å². The van der Waals surface area contributed by atoms with Crippen LogP contribution in [0.5, 0.6) is 0 Å². The molecule has 1 aliphatic heterocycles. The van der Waals surface area contributed by atoms with Crippen molar-refractivity contribution in [3.8, 4) is 0 Å². The molecule has 1 atom stereocenters. The minimum Gasteiger partial charge on any atom is -0.366 e. The van der Waals surface area contributed by atoms with E-state index in [2.05, 4.69) is 10.2 Å². The van der Waals surface area contributed by atoms with Crippen molar-refractivity contribution in [1.29, 1.82) is 0 Å². The van der Waals surface area contributed by atoms with Crippen molar-refractivity contribution in [3.05, 3.63) is 24.3 Å². The van der Waals surface area contributed by atoms with Crippen LogP contribution in [0.25, 0.3) is 0 Å². The maximum Gasteiger partial charge on any atom is 0.240 e. The van der Waals surface area contributed by atoms with Crippen molar-refractivity contribution >= 4 is 15.7 Å². The van der Waals surface area contributed by atoms with E-state index in [4.69, 9.17) is 5.14 Å². The predicted molar refractivity (Wildman–Crippen MR) is 76.7 cm³/mol. The predicted octanol–water partition coefficient (Wildman–Crippen LogP) is 0.912. The lowest BCUT2D eigenvalue weighted by Gasteiger charge is -2.38. The fourth-order valence-corrected chi connectivity index (χ4v) is 3.45. The van der Waals surface area contributed by atoms with Crippen molar-refractivity contribution < 1.29 is 8.42 Å². The largest absolute Gasteiger partial charge is 0.366 e. The Labute approximate surface area is 114 Å². The topological polar surface area (TPSA) is 75.4 Å². The van der Waals surface area contributed by atoms with Gasteiger partial charge in [0.05, 0.1) is 5.69 Å². The van der Waals surface area contributed by atoms with Gasteiger partial charge in [-0.1, -0.05) is 12.1 Å². The van der Waals surface area contributed by atoms with E-state index in [0.717, 1.165) is 31.6 Å². The lowest BCUT2D eigenvalue weighted by Crippen LogP contribution is -2.45. The van der Waals surface area contributed by atoms with Crippen LogP contribution in [0.3, 0.4) is 0 Å². The average Bonchev–Trinajstić information content (AvgIpc) is 2.39. The fraction of sp³-hybridized carbons (Fsp3) is 0.538. The highest BCUT2D eigenvalue weighted by atomic mass is 32.2. The second-order valence-electron chi connectivity index (χ2n) is 4.91. The molecule has 1 aromatic rings. The maximum atomic E-state index is 11.7. The molecule has 0 bridgehead atoms. The van der Waals surface area contributed by atoms with E-state index in [1.165, 1.54) is 6.42 Å². The van der Waals surface area contributed by atoms with E-state index in [1.54, 1.807) is 12.1 Å². The summed E-state index contributed by atoms with van der Waals surface area (Å²) in [6.45, 7) is 1.72. The second kappa shape index (κ2) is 5.90. The molecule has 0 aromatic heterocycles. The van der Waals surface area contributed by atoms with Crippen LogP contribution in [0.2, 0.25) is 0 Å². The number of primary sulfonamides is 1. The van der Waals surface area contributed by atoms with Crippen LogP contribution in [0.15, 0.2) is 29.2 Å². The van der Waals surface area contributed by atoms with E-state index in [0.29, 0.717) is 6.04 Å². The number of rotatable bonds is 4. The molecular weight excluding hydrogens is 262 g/mol. The molecule has 0 spiro atoms.